The van der Waals surface area contributed by atoms with Crippen LogP contribution in [0.15, 0.2) is 30.7 Å². The van der Waals surface area contributed by atoms with E-state index in [1.807, 2.05) is 13.0 Å². The van der Waals surface area contributed by atoms with Crippen LogP contribution in [0.4, 0.5) is 0 Å². The lowest BCUT2D eigenvalue weighted by molar-refractivity contribution is 0.315. The normalized spacial score (nSPS) is 12.2. The van der Waals surface area contributed by atoms with Crippen LogP contribution in [0.2, 0.25) is 10.0 Å². The Morgan fingerprint density at radius 2 is 2.05 bits per heavy atom. The fourth-order valence-corrected chi connectivity index (χ4v) is 2.21. The molecule has 1 atom stereocenters. The van der Waals surface area contributed by atoms with Gasteiger partial charge in [-0.1, -0.05) is 30.1 Å². The molecule has 0 amide bonds. The molecule has 2 rings (SSSR count). The van der Waals surface area contributed by atoms with Crippen molar-refractivity contribution in [1.29, 1.82) is 0 Å². The first-order chi connectivity index (χ1) is 9.61. The highest BCUT2D eigenvalue weighted by molar-refractivity contribution is 6.34. The van der Waals surface area contributed by atoms with Gasteiger partial charge in [-0.3, -0.25) is 9.97 Å². The molecule has 0 aromatic carbocycles. The van der Waals surface area contributed by atoms with Gasteiger partial charge in [-0.2, -0.15) is 0 Å². The molecule has 6 heteroatoms. The first kappa shape index (κ1) is 15.0. The van der Waals surface area contributed by atoms with Crippen LogP contribution in [0.3, 0.4) is 0 Å². The number of rotatable bonds is 5. The zero-order chi connectivity index (χ0) is 14.5. The zero-order valence-electron chi connectivity index (χ0n) is 11.0. The van der Waals surface area contributed by atoms with Crippen molar-refractivity contribution in [1.82, 2.24) is 9.97 Å². The molecule has 0 aliphatic carbocycles. The second kappa shape index (κ2) is 6.88. The molecule has 0 aliphatic rings. The summed E-state index contributed by atoms with van der Waals surface area (Å²) in [6.07, 6.45) is 5.78. The predicted octanol–water partition coefficient (Wildman–Crippen LogP) is 3.62. The molecule has 2 aromatic rings. The van der Waals surface area contributed by atoms with Crippen molar-refractivity contribution in [3.63, 3.8) is 0 Å². The van der Waals surface area contributed by atoms with Crippen molar-refractivity contribution in [2.75, 3.05) is 6.61 Å². The smallest absolute Gasteiger partial charge is 0.137 e. The SMILES string of the molecule is CCCOc1cncc(C(N)c2ncc(Cl)cc2Cl)c1. The topological polar surface area (TPSA) is 61.0 Å². The van der Waals surface area contributed by atoms with Crippen molar-refractivity contribution in [2.24, 2.45) is 5.73 Å². The van der Waals surface area contributed by atoms with E-state index in [2.05, 4.69) is 9.97 Å². The quantitative estimate of drug-likeness (QED) is 0.916. The first-order valence-corrected chi connectivity index (χ1v) is 7.01. The van der Waals surface area contributed by atoms with Gasteiger partial charge in [-0.15, -0.1) is 0 Å². The van der Waals surface area contributed by atoms with E-state index >= 15 is 0 Å². The summed E-state index contributed by atoms with van der Waals surface area (Å²) < 4.78 is 5.54. The number of nitrogens with zero attached hydrogens (tertiary/aromatic N) is 2. The molecule has 2 N–H and O–H groups in total. The van der Waals surface area contributed by atoms with Crippen molar-refractivity contribution < 1.29 is 4.74 Å². The Bertz CT molecular complexity index is 592. The Morgan fingerprint density at radius 3 is 2.75 bits per heavy atom. The van der Waals surface area contributed by atoms with Crippen LogP contribution < -0.4 is 10.5 Å². The lowest BCUT2D eigenvalue weighted by Gasteiger charge is -2.14. The number of hydrogen-bond donors (Lipinski definition) is 1. The molecule has 0 spiro atoms. The van der Waals surface area contributed by atoms with Gasteiger partial charge in [-0.05, 0) is 24.1 Å². The summed E-state index contributed by atoms with van der Waals surface area (Å²) in [5.74, 6) is 0.685. The number of halogens is 2. The van der Waals surface area contributed by atoms with Crippen LogP contribution in [0.5, 0.6) is 5.75 Å². The van der Waals surface area contributed by atoms with Crippen molar-refractivity contribution >= 4 is 23.2 Å². The summed E-state index contributed by atoms with van der Waals surface area (Å²) in [4.78, 5) is 8.32. The van der Waals surface area contributed by atoms with Gasteiger partial charge in [0.05, 0.1) is 34.6 Å². The van der Waals surface area contributed by atoms with Crippen LogP contribution in [0, 0.1) is 0 Å². The van der Waals surface area contributed by atoms with Gasteiger partial charge < -0.3 is 10.5 Å². The third kappa shape index (κ3) is 3.60. The summed E-state index contributed by atoms with van der Waals surface area (Å²) in [5.41, 5.74) is 7.53. The van der Waals surface area contributed by atoms with Crippen LogP contribution in [0.25, 0.3) is 0 Å². The number of aromatic nitrogens is 2. The second-order valence-corrected chi connectivity index (χ2v) is 5.14. The van der Waals surface area contributed by atoms with Crippen molar-refractivity contribution in [3.8, 4) is 5.75 Å². The molecule has 0 bridgehead atoms. The lowest BCUT2D eigenvalue weighted by atomic mass is 10.1. The third-order valence-electron chi connectivity index (χ3n) is 2.70. The van der Waals surface area contributed by atoms with E-state index in [0.717, 1.165) is 12.0 Å². The van der Waals surface area contributed by atoms with Crippen molar-refractivity contribution in [2.45, 2.75) is 19.4 Å². The molecule has 0 saturated heterocycles. The molecule has 0 fully saturated rings. The summed E-state index contributed by atoms with van der Waals surface area (Å²) in [6, 6.07) is 2.99. The number of ether oxygens (including phenoxy) is 1. The summed E-state index contributed by atoms with van der Waals surface area (Å²) in [5, 5.41) is 0.911. The van der Waals surface area contributed by atoms with Gasteiger partial charge in [0, 0.05) is 12.4 Å². The lowest BCUT2D eigenvalue weighted by Crippen LogP contribution is -2.14. The monoisotopic (exact) mass is 311 g/mol. The van der Waals surface area contributed by atoms with E-state index in [1.54, 1.807) is 18.5 Å². The maximum Gasteiger partial charge on any atom is 0.137 e. The molecule has 2 heterocycles. The maximum absolute atomic E-state index is 6.18. The van der Waals surface area contributed by atoms with E-state index in [1.165, 1.54) is 6.20 Å². The van der Waals surface area contributed by atoms with Crippen molar-refractivity contribution in [3.05, 3.63) is 52.0 Å². The summed E-state index contributed by atoms with van der Waals surface area (Å²) in [7, 11) is 0. The molecule has 0 aliphatic heterocycles. The van der Waals surface area contributed by atoms with E-state index in [4.69, 9.17) is 33.7 Å². The van der Waals surface area contributed by atoms with Gasteiger partial charge in [0.2, 0.25) is 0 Å². The van der Waals surface area contributed by atoms with E-state index in [0.29, 0.717) is 28.1 Å². The first-order valence-electron chi connectivity index (χ1n) is 6.26. The second-order valence-electron chi connectivity index (χ2n) is 4.30. The molecule has 20 heavy (non-hydrogen) atoms. The minimum absolute atomic E-state index is 0.435. The highest BCUT2D eigenvalue weighted by Gasteiger charge is 2.15. The summed E-state index contributed by atoms with van der Waals surface area (Å²) in [6.45, 7) is 2.68. The summed E-state index contributed by atoms with van der Waals surface area (Å²) >= 11 is 11.9. The highest BCUT2D eigenvalue weighted by Crippen LogP contribution is 2.27. The Balaban J connectivity index is 2.26. The van der Waals surface area contributed by atoms with Gasteiger partial charge in [-0.25, -0.2) is 0 Å². The Hall–Kier alpha value is -1.36. The largest absolute Gasteiger partial charge is 0.492 e. The van der Waals surface area contributed by atoms with Gasteiger partial charge >= 0.3 is 0 Å². The van der Waals surface area contributed by atoms with E-state index in [9.17, 15) is 0 Å². The third-order valence-corrected chi connectivity index (χ3v) is 3.21. The maximum atomic E-state index is 6.18. The van der Waals surface area contributed by atoms with Crippen LogP contribution >= 0.6 is 23.2 Å². The van der Waals surface area contributed by atoms with Gasteiger partial charge in [0.15, 0.2) is 0 Å². The molecule has 4 nitrogen and oxygen atoms in total. The molecule has 0 radical (unpaired) electrons. The minimum atomic E-state index is -0.475. The average molecular weight is 312 g/mol. The van der Waals surface area contributed by atoms with Crippen LogP contribution in [-0.4, -0.2) is 16.6 Å². The van der Waals surface area contributed by atoms with Crippen LogP contribution in [0.1, 0.15) is 30.6 Å². The highest BCUT2D eigenvalue weighted by atomic mass is 35.5. The molecular weight excluding hydrogens is 297 g/mol. The average Bonchev–Trinajstić information content (AvgIpc) is 2.45. The van der Waals surface area contributed by atoms with E-state index in [-0.39, 0.29) is 0 Å². The number of nitrogens with two attached hydrogens (primary N) is 1. The zero-order valence-corrected chi connectivity index (χ0v) is 12.5. The molecule has 1 unspecified atom stereocenters. The predicted molar refractivity (Wildman–Crippen MR) is 80.3 cm³/mol. The van der Waals surface area contributed by atoms with Gasteiger partial charge in [0.25, 0.3) is 0 Å². The van der Waals surface area contributed by atoms with E-state index < -0.39 is 6.04 Å². The molecular formula is C14H15Cl2N3O. The molecule has 0 saturated carbocycles. The Morgan fingerprint density at radius 1 is 1.25 bits per heavy atom. The molecule has 106 valence electrons. The number of hydrogen-bond acceptors (Lipinski definition) is 4. The molecule has 2 aromatic heterocycles. The Kier molecular flexibility index (Phi) is 5.17. The van der Waals surface area contributed by atoms with Gasteiger partial charge in [0.1, 0.15) is 5.75 Å². The Labute approximate surface area is 127 Å². The fourth-order valence-electron chi connectivity index (χ4n) is 1.72. The fraction of sp³-hybridized carbons (Fsp3) is 0.286. The standard InChI is InChI=1S/C14H15Cl2N3O/c1-2-3-20-11-4-9(6-18-8-11)13(17)14-12(16)5-10(15)7-19-14/h4-8,13H,2-3,17H2,1H3. The number of pyridine rings is 2. The van der Waals surface area contributed by atoms with Crippen LogP contribution in [-0.2, 0) is 0 Å². The minimum Gasteiger partial charge on any atom is -0.492 e.